The van der Waals surface area contributed by atoms with Crippen LogP contribution < -0.4 is 0 Å². The fourth-order valence-electron chi connectivity index (χ4n) is 2.12. The van der Waals surface area contributed by atoms with Gasteiger partial charge in [-0.25, -0.2) is 0 Å². The Hall–Kier alpha value is -1.82. The molecule has 0 bridgehead atoms. The van der Waals surface area contributed by atoms with E-state index >= 15 is 0 Å². The molecule has 2 rings (SSSR count). The Labute approximate surface area is 110 Å². The summed E-state index contributed by atoms with van der Waals surface area (Å²) in [6.45, 7) is 3.77. The van der Waals surface area contributed by atoms with Gasteiger partial charge in [-0.05, 0) is 42.4 Å². The minimum Gasteiger partial charge on any atom is -0.0985 e. The van der Waals surface area contributed by atoms with Crippen LogP contribution in [0.4, 0.5) is 0 Å². The number of aryl methyl sites for hydroxylation is 2. The van der Waals surface area contributed by atoms with Crippen LogP contribution >= 0.6 is 0 Å². The van der Waals surface area contributed by atoms with Crippen molar-refractivity contribution in [1.29, 1.82) is 0 Å². The third kappa shape index (κ3) is 3.89. The summed E-state index contributed by atoms with van der Waals surface area (Å²) >= 11 is 0. The highest BCUT2D eigenvalue weighted by atomic mass is 14.0. The molecule has 92 valence electrons. The maximum Gasteiger partial charge on any atom is -0.0262 e. The molecule has 0 heterocycles. The Bertz CT molecular complexity index is 465. The molecule has 0 amide bonds. The number of benzene rings is 2. The largest absolute Gasteiger partial charge is 0.0985 e. The molecule has 0 saturated heterocycles. The van der Waals surface area contributed by atoms with Gasteiger partial charge < -0.3 is 0 Å². The molecule has 0 spiro atoms. The van der Waals surface area contributed by atoms with E-state index in [0.29, 0.717) is 0 Å². The molecule has 0 aliphatic carbocycles. The van der Waals surface area contributed by atoms with Gasteiger partial charge in [-0.1, -0.05) is 67.3 Å². The Balaban J connectivity index is 1.73. The molecule has 0 nitrogen and oxygen atoms in total. The Morgan fingerprint density at radius 2 is 1.28 bits per heavy atom. The van der Waals surface area contributed by atoms with E-state index in [0.717, 1.165) is 0 Å². The lowest BCUT2D eigenvalue weighted by atomic mass is 10.0. The lowest BCUT2D eigenvalue weighted by Gasteiger charge is -2.03. The second-order valence-electron chi connectivity index (χ2n) is 4.64. The van der Waals surface area contributed by atoms with Crippen molar-refractivity contribution in [1.82, 2.24) is 0 Å². The number of rotatable bonds is 6. The van der Waals surface area contributed by atoms with Gasteiger partial charge in [-0.2, -0.15) is 0 Å². The van der Waals surface area contributed by atoms with Gasteiger partial charge in [0.2, 0.25) is 0 Å². The predicted octanol–water partition coefficient (Wildman–Crippen LogP) is 4.90. The van der Waals surface area contributed by atoms with Gasteiger partial charge >= 0.3 is 0 Å². The van der Waals surface area contributed by atoms with Crippen molar-refractivity contribution in [3.8, 4) is 0 Å². The standard InChI is InChI=1S/C18H20/c1-2-16-12-14-18(15-13-16)11-7-6-10-17-8-4-3-5-9-17/h2-5,8-9,12-15H,1,6-7,10-11H2. The minimum atomic E-state index is 1.17. The van der Waals surface area contributed by atoms with Crippen LogP contribution in [0.15, 0.2) is 61.2 Å². The third-order valence-corrected chi connectivity index (χ3v) is 3.24. The molecular formula is C18H20. The molecule has 0 heteroatoms. The van der Waals surface area contributed by atoms with Gasteiger partial charge in [0.25, 0.3) is 0 Å². The minimum absolute atomic E-state index is 1.17. The van der Waals surface area contributed by atoms with Crippen molar-refractivity contribution in [2.45, 2.75) is 25.7 Å². The van der Waals surface area contributed by atoms with Crippen LogP contribution in [-0.4, -0.2) is 0 Å². The topological polar surface area (TPSA) is 0 Å². The molecule has 0 radical (unpaired) electrons. The number of unbranched alkanes of at least 4 members (excludes halogenated alkanes) is 1. The fourth-order valence-corrected chi connectivity index (χ4v) is 2.12. The summed E-state index contributed by atoms with van der Waals surface area (Å²) in [4.78, 5) is 0. The fraction of sp³-hybridized carbons (Fsp3) is 0.222. The Morgan fingerprint density at radius 3 is 1.83 bits per heavy atom. The van der Waals surface area contributed by atoms with Crippen LogP contribution in [0, 0.1) is 0 Å². The van der Waals surface area contributed by atoms with Gasteiger partial charge in [0.15, 0.2) is 0 Å². The first-order valence-corrected chi connectivity index (χ1v) is 6.64. The summed E-state index contributed by atoms with van der Waals surface area (Å²) in [6, 6.07) is 19.4. The van der Waals surface area contributed by atoms with E-state index in [-0.39, 0.29) is 0 Å². The van der Waals surface area contributed by atoms with Crippen LogP contribution in [-0.2, 0) is 12.8 Å². The molecule has 0 unspecified atom stereocenters. The van der Waals surface area contributed by atoms with Crippen LogP contribution in [0.5, 0.6) is 0 Å². The second kappa shape index (κ2) is 6.80. The van der Waals surface area contributed by atoms with Gasteiger partial charge in [0.05, 0.1) is 0 Å². The van der Waals surface area contributed by atoms with Crippen molar-refractivity contribution in [3.63, 3.8) is 0 Å². The highest BCUT2D eigenvalue weighted by Crippen LogP contribution is 2.11. The van der Waals surface area contributed by atoms with E-state index in [1.54, 1.807) is 0 Å². The van der Waals surface area contributed by atoms with Crippen LogP contribution in [0.1, 0.15) is 29.5 Å². The van der Waals surface area contributed by atoms with Gasteiger partial charge in [0.1, 0.15) is 0 Å². The molecule has 0 aliphatic rings. The molecule has 0 aliphatic heterocycles. The number of hydrogen-bond acceptors (Lipinski definition) is 0. The second-order valence-corrected chi connectivity index (χ2v) is 4.64. The zero-order valence-electron chi connectivity index (χ0n) is 10.8. The first kappa shape index (κ1) is 12.6. The molecule has 0 N–H and O–H groups in total. The summed E-state index contributed by atoms with van der Waals surface area (Å²) in [5.41, 5.74) is 4.07. The molecule has 0 fully saturated rings. The molecular weight excluding hydrogens is 216 g/mol. The summed E-state index contributed by atoms with van der Waals surface area (Å²) in [6.07, 6.45) is 6.75. The first-order chi connectivity index (χ1) is 8.88. The third-order valence-electron chi connectivity index (χ3n) is 3.24. The van der Waals surface area contributed by atoms with Crippen LogP contribution in [0.2, 0.25) is 0 Å². The monoisotopic (exact) mass is 236 g/mol. The maximum absolute atomic E-state index is 3.77. The van der Waals surface area contributed by atoms with E-state index in [1.807, 2.05) is 6.08 Å². The Kier molecular flexibility index (Phi) is 4.78. The van der Waals surface area contributed by atoms with E-state index < -0.39 is 0 Å². The Morgan fingerprint density at radius 1 is 0.722 bits per heavy atom. The molecule has 2 aromatic carbocycles. The van der Waals surface area contributed by atoms with Crippen molar-refractivity contribution in [3.05, 3.63) is 77.9 Å². The first-order valence-electron chi connectivity index (χ1n) is 6.64. The highest BCUT2D eigenvalue weighted by molar-refractivity contribution is 5.47. The van der Waals surface area contributed by atoms with Crippen LogP contribution in [0.3, 0.4) is 0 Å². The normalized spacial score (nSPS) is 10.2. The zero-order chi connectivity index (χ0) is 12.6. The van der Waals surface area contributed by atoms with E-state index in [2.05, 4.69) is 61.2 Å². The summed E-state index contributed by atoms with van der Waals surface area (Å²) in [5.74, 6) is 0. The lowest BCUT2D eigenvalue weighted by molar-refractivity contribution is 0.734. The molecule has 0 atom stereocenters. The molecule has 0 aromatic heterocycles. The lowest BCUT2D eigenvalue weighted by Crippen LogP contribution is -1.89. The molecule has 2 aromatic rings. The van der Waals surface area contributed by atoms with E-state index in [4.69, 9.17) is 0 Å². The quantitative estimate of drug-likeness (QED) is 0.626. The average molecular weight is 236 g/mol. The van der Waals surface area contributed by atoms with Gasteiger partial charge in [-0.15, -0.1) is 0 Å². The van der Waals surface area contributed by atoms with Crippen molar-refractivity contribution in [2.24, 2.45) is 0 Å². The van der Waals surface area contributed by atoms with Crippen LogP contribution in [0.25, 0.3) is 6.08 Å². The summed E-state index contributed by atoms with van der Waals surface area (Å²) in [7, 11) is 0. The highest BCUT2D eigenvalue weighted by Gasteiger charge is 1.95. The van der Waals surface area contributed by atoms with E-state index in [9.17, 15) is 0 Å². The molecule has 18 heavy (non-hydrogen) atoms. The van der Waals surface area contributed by atoms with Crippen molar-refractivity contribution >= 4 is 6.08 Å². The molecule has 0 saturated carbocycles. The van der Waals surface area contributed by atoms with E-state index in [1.165, 1.54) is 42.4 Å². The number of hydrogen-bond donors (Lipinski definition) is 0. The summed E-state index contributed by atoms with van der Waals surface area (Å²) < 4.78 is 0. The van der Waals surface area contributed by atoms with Gasteiger partial charge in [0, 0.05) is 0 Å². The van der Waals surface area contributed by atoms with Crippen molar-refractivity contribution in [2.75, 3.05) is 0 Å². The zero-order valence-corrected chi connectivity index (χ0v) is 10.8. The maximum atomic E-state index is 3.77. The average Bonchev–Trinajstić information content (AvgIpc) is 2.45. The van der Waals surface area contributed by atoms with Crippen molar-refractivity contribution < 1.29 is 0 Å². The predicted molar refractivity (Wildman–Crippen MR) is 79.6 cm³/mol. The van der Waals surface area contributed by atoms with Gasteiger partial charge in [-0.3, -0.25) is 0 Å². The SMILES string of the molecule is C=Cc1ccc(CCCCc2ccccc2)cc1. The smallest absolute Gasteiger partial charge is 0.0262 e. The summed E-state index contributed by atoms with van der Waals surface area (Å²) in [5, 5.41) is 0.